The molecule has 12 heteroatoms. The molecule has 1 N–H and O–H groups in total. The minimum atomic E-state index is -0.757. The molecule has 0 aromatic heterocycles. The molecule has 0 bridgehead atoms. The van der Waals surface area contributed by atoms with Gasteiger partial charge in [0, 0.05) is 77.5 Å². The van der Waals surface area contributed by atoms with Crippen molar-refractivity contribution in [3.8, 4) is 0 Å². The third-order valence-electron chi connectivity index (χ3n) is 9.54. The maximum absolute atomic E-state index is 14.8. The fourth-order valence-corrected chi connectivity index (χ4v) is 6.21. The Labute approximate surface area is 290 Å². The summed E-state index contributed by atoms with van der Waals surface area (Å²) in [6, 6.07) is 4.82. The van der Waals surface area contributed by atoms with Crippen LogP contribution in [0.1, 0.15) is 52.0 Å². The number of aliphatic hydroxyl groups is 1. The van der Waals surface area contributed by atoms with Gasteiger partial charge in [0.05, 0.1) is 19.1 Å². The second-order valence-corrected chi connectivity index (χ2v) is 13.4. The highest BCUT2D eigenvalue weighted by molar-refractivity contribution is 5.76. The molecular formula is C37H55FN4O7. The van der Waals surface area contributed by atoms with Crippen LogP contribution >= 0.6 is 0 Å². The maximum atomic E-state index is 14.8. The smallest absolute Gasteiger partial charge is 0.410 e. The number of likely N-dealkylation sites (N-methyl/N-ethyl adjacent to an activating group) is 1. The van der Waals surface area contributed by atoms with Crippen LogP contribution in [0.2, 0.25) is 0 Å². The molecule has 2 amide bonds. The predicted octanol–water partition coefficient (Wildman–Crippen LogP) is 4.04. The van der Waals surface area contributed by atoms with Crippen LogP contribution in [-0.4, -0.2) is 130 Å². The highest BCUT2D eigenvalue weighted by Gasteiger charge is 2.27. The van der Waals surface area contributed by atoms with E-state index in [2.05, 4.69) is 9.80 Å². The molecule has 11 nitrogen and oxygen atoms in total. The lowest BCUT2D eigenvalue weighted by Crippen LogP contribution is -2.49. The van der Waals surface area contributed by atoms with Gasteiger partial charge < -0.3 is 43.8 Å². The number of halogens is 1. The lowest BCUT2D eigenvalue weighted by Gasteiger charge is -2.36. The number of amides is 2. The van der Waals surface area contributed by atoms with Gasteiger partial charge in [0.25, 0.3) is 0 Å². The number of ether oxygens (including phenoxy) is 2. The summed E-state index contributed by atoms with van der Waals surface area (Å²) in [5, 5.41) is 10.1. The van der Waals surface area contributed by atoms with E-state index in [-0.39, 0.29) is 30.0 Å². The minimum Gasteiger partial charge on any atom is -0.442 e. The number of aliphatic hydroxyl groups excluding tert-OH is 1. The molecule has 1 aromatic carbocycles. The number of nitrogens with zero attached hydrogens (tertiary/aromatic N) is 4. The fourth-order valence-electron chi connectivity index (χ4n) is 6.21. The number of piperazine rings is 2. The third-order valence-corrected chi connectivity index (χ3v) is 9.54. The van der Waals surface area contributed by atoms with E-state index in [0.717, 1.165) is 30.6 Å². The minimum absolute atomic E-state index is 0.0467. The van der Waals surface area contributed by atoms with Crippen molar-refractivity contribution in [3.63, 3.8) is 0 Å². The molecule has 2 saturated heterocycles. The van der Waals surface area contributed by atoms with Crippen LogP contribution in [0.4, 0.5) is 14.9 Å². The number of allylic oxidation sites excluding steroid dienone is 2. The van der Waals surface area contributed by atoms with Gasteiger partial charge in [-0.15, -0.1) is 0 Å². The molecule has 2 heterocycles. The molecule has 0 unspecified atom stereocenters. The van der Waals surface area contributed by atoms with Crippen LogP contribution in [0.25, 0.3) is 6.08 Å². The van der Waals surface area contributed by atoms with Gasteiger partial charge in [-0.05, 0) is 68.5 Å². The first-order valence-corrected chi connectivity index (χ1v) is 17.4. The summed E-state index contributed by atoms with van der Waals surface area (Å²) in [6.45, 7) is 11.0. The second-order valence-electron chi connectivity index (χ2n) is 13.4. The zero-order valence-electron chi connectivity index (χ0n) is 29.8. The zero-order valence-corrected chi connectivity index (χ0v) is 29.8. The van der Waals surface area contributed by atoms with Crippen molar-refractivity contribution in [2.24, 2.45) is 17.8 Å². The standard InChI is InChI=1S/C37H55FN4O7/c1-27(7-9-35(28(2)6-8-33(45)10-20-43)49-37(47)42-14-12-39(4)13-15-42)34(26-44)29(3)22-30-23-31(38)25-32(24-30)40-16-18-41(19-17-40)36(46)11-21-48-5/h7,9,20,22-28,33-35,45H,6,8,10-19,21H2,1-5H3/b9-7+,29-22+/t27-,28+,33-,34-,35-/m0/s1. The van der Waals surface area contributed by atoms with Crippen molar-refractivity contribution in [3.05, 3.63) is 47.3 Å². The summed E-state index contributed by atoms with van der Waals surface area (Å²) >= 11 is 0. The maximum Gasteiger partial charge on any atom is 0.410 e. The van der Waals surface area contributed by atoms with Crippen molar-refractivity contribution in [2.75, 3.05) is 78.0 Å². The highest BCUT2D eigenvalue weighted by atomic mass is 19.1. The van der Waals surface area contributed by atoms with Gasteiger partial charge in [-0.2, -0.15) is 0 Å². The summed E-state index contributed by atoms with van der Waals surface area (Å²) in [6.07, 6.45) is 6.64. The van der Waals surface area contributed by atoms with Crippen molar-refractivity contribution in [1.82, 2.24) is 14.7 Å². The van der Waals surface area contributed by atoms with E-state index < -0.39 is 24.2 Å². The normalized spacial score (nSPS) is 19.3. The Kier molecular flexibility index (Phi) is 16.4. The topological polar surface area (TPSA) is 120 Å². The first-order valence-electron chi connectivity index (χ1n) is 17.4. The first-order chi connectivity index (χ1) is 23.4. The lowest BCUT2D eigenvalue weighted by atomic mass is 9.86. The highest BCUT2D eigenvalue weighted by Crippen LogP contribution is 2.27. The van der Waals surface area contributed by atoms with Crippen LogP contribution in [0.5, 0.6) is 0 Å². The molecule has 2 fully saturated rings. The number of carbonyl (C=O) groups excluding carboxylic acids is 4. The van der Waals surface area contributed by atoms with Crippen LogP contribution < -0.4 is 4.90 Å². The summed E-state index contributed by atoms with van der Waals surface area (Å²) < 4.78 is 25.8. The number of anilines is 1. The van der Waals surface area contributed by atoms with E-state index in [1.54, 1.807) is 16.9 Å². The molecule has 1 aromatic rings. The Morgan fingerprint density at radius 3 is 2.27 bits per heavy atom. The SMILES string of the molecule is COCCC(=O)N1CCN(c2cc(F)cc(/C=C(\C)[C@@H](C=O)[C@@H](C)/C=C/[C@H](OC(=O)N3CCN(C)CC3)[C@H](C)CC[C@H](O)CC=O)c2)CC1. The molecule has 272 valence electrons. The zero-order chi connectivity index (χ0) is 35.9. The van der Waals surface area contributed by atoms with Crippen LogP contribution in [0, 0.1) is 23.6 Å². The van der Waals surface area contributed by atoms with Gasteiger partial charge in [-0.25, -0.2) is 9.18 Å². The number of hydrogen-bond donors (Lipinski definition) is 1. The molecule has 5 atom stereocenters. The van der Waals surface area contributed by atoms with E-state index in [1.807, 2.05) is 52.1 Å². The van der Waals surface area contributed by atoms with Gasteiger partial charge in [-0.3, -0.25) is 4.79 Å². The number of carbonyl (C=O) groups is 4. The largest absolute Gasteiger partial charge is 0.442 e. The van der Waals surface area contributed by atoms with E-state index >= 15 is 0 Å². The van der Waals surface area contributed by atoms with Gasteiger partial charge >= 0.3 is 6.09 Å². The van der Waals surface area contributed by atoms with Gasteiger partial charge in [0.1, 0.15) is 24.5 Å². The molecule has 0 spiro atoms. The van der Waals surface area contributed by atoms with E-state index in [0.29, 0.717) is 77.0 Å². The molecule has 3 rings (SSSR count). The molecule has 0 radical (unpaired) electrons. The Balaban J connectivity index is 1.71. The Bertz CT molecular complexity index is 1290. The number of rotatable bonds is 17. The molecule has 0 saturated carbocycles. The molecule has 2 aliphatic heterocycles. The first kappa shape index (κ1) is 39.8. The second kappa shape index (κ2) is 20.2. The van der Waals surface area contributed by atoms with Gasteiger partial charge in [0.15, 0.2) is 0 Å². The van der Waals surface area contributed by atoms with Crippen LogP contribution in [-0.2, 0) is 23.9 Å². The monoisotopic (exact) mass is 686 g/mol. The Morgan fingerprint density at radius 2 is 1.63 bits per heavy atom. The van der Waals surface area contributed by atoms with E-state index in [9.17, 15) is 28.7 Å². The summed E-state index contributed by atoms with van der Waals surface area (Å²) in [4.78, 5) is 56.4. The molecule has 2 aliphatic rings. The Morgan fingerprint density at radius 1 is 0.959 bits per heavy atom. The van der Waals surface area contributed by atoms with Crippen molar-refractivity contribution in [1.29, 1.82) is 0 Å². The predicted molar refractivity (Wildman–Crippen MR) is 188 cm³/mol. The average Bonchev–Trinajstić information content (AvgIpc) is 3.08. The number of benzene rings is 1. The van der Waals surface area contributed by atoms with E-state index in [4.69, 9.17) is 9.47 Å². The quantitative estimate of drug-likeness (QED) is 0.191. The van der Waals surface area contributed by atoms with Crippen molar-refractivity contribution >= 4 is 36.3 Å². The fraction of sp³-hybridized carbons (Fsp3) is 0.622. The third kappa shape index (κ3) is 12.7. The molecular weight excluding hydrogens is 631 g/mol. The number of hydrogen-bond acceptors (Lipinski definition) is 9. The summed E-state index contributed by atoms with van der Waals surface area (Å²) in [5.74, 6) is -1.26. The summed E-state index contributed by atoms with van der Waals surface area (Å²) in [5.41, 5.74) is 2.11. The van der Waals surface area contributed by atoms with Crippen LogP contribution in [0.15, 0.2) is 35.9 Å². The average molecular weight is 687 g/mol. The number of methoxy groups -OCH3 is 1. The Hall–Kier alpha value is -3.61. The number of aldehydes is 2. The molecule has 49 heavy (non-hydrogen) atoms. The van der Waals surface area contributed by atoms with Gasteiger partial charge in [-0.1, -0.05) is 31.6 Å². The van der Waals surface area contributed by atoms with Crippen LogP contribution in [0.3, 0.4) is 0 Å². The van der Waals surface area contributed by atoms with Crippen molar-refractivity contribution < 1.29 is 38.1 Å². The lowest BCUT2D eigenvalue weighted by molar-refractivity contribution is -0.132. The summed E-state index contributed by atoms with van der Waals surface area (Å²) in [7, 11) is 3.58. The van der Waals surface area contributed by atoms with Crippen molar-refractivity contribution in [2.45, 2.75) is 58.7 Å². The van der Waals surface area contributed by atoms with Gasteiger partial charge in [0.2, 0.25) is 5.91 Å². The molecule has 0 aliphatic carbocycles. The van der Waals surface area contributed by atoms with E-state index in [1.165, 1.54) is 12.1 Å².